The SMILES string of the molecule is CC1=C=NC(C)CC1. The van der Waals surface area contributed by atoms with Crippen molar-refractivity contribution in [1.29, 1.82) is 0 Å². The average Bonchev–Trinajstić information content (AvgIpc) is 1.77. The van der Waals surface area contributed by atoms with Crippen molar-refractivity contribution in [3.8, 4) is 0 Å². The van der Waals surface area contributed by atoms with Gasteiger partial charge >= 0.3 is 0 Å². The van der Waals surface area contributed by atoms with Crippen LogP contribution >= 0.6 is 0 Å². The summed E-state index contributed by atoms with van der Waals surface area (Å²) in [5, 5.41) is 0. The van der Waals surface area contributed by atoms with Gasteiger partial charge in [-0.3, -0.25) is 0 Å². The maximum Gasteiger partial charge on any atom is 0.0569 e. The van der Waals surface area contributed by atoms with Crippen LogP contribution in [0.3, 0.4) is 0 Å². The summed E-state index contributed by atoms with van der Waals surface area (Å²) in [4.78, 5) is 4.12. The first kappa shape index (κ1) is 5.58. The lowest BCUT2D eigenvalue weighted by Crippen LogP contribution is -2.01. The van der Waals surface area contributed by atoms with E-state index in [-0.39, 0.29) is 0 Å². The fourth-order valence-corrected chi connectivity index (χ4v) is 0.766. The molecule has 1 heterocycles. The van der Waals surface area contributed by atoms with Crippen molar-refractivity contribution in [1.82, 2.24) is 0 Å². The van der Waals surface area contributed by atoms with E-state index in [9.17, 15) is 0 Å². The summed E-state index contributed by atoms with van der Waals surface area (Å²) >= 11 is 0. The Kier molecular flexibility index (Phi) is 1.50. The van der Waals surface area contributed by atoms with Gasteiger partial charge in [0.1, 0.15) is 0 Å². The molecular formula is C7H11N. The summed E-state index contributed by atoms with van der Waals surface area (Å²) in [6.07, 6.45) is 2.39. The molecule has 0 aromatic heterocycles. The average molecular weight is 109 g/mol. The molecular weight excluding hydrogens is 98.1 g/mol. The Morgan fingerprint density at radius 2 is 2.50 bits per heavy atom. The first-order chi connectivity index (χ1) is 3.79. The normalized spacial score (nSPS) is 27.8. The van der Waals surface area contributed by atoms with Crippen molar-refractivity contribution in [3.63, 3.8) is 0 Å². The quantitative estimate of drug-likeness (QED) is 0.449. The van der Waals surface area contributed by atoms with Gasteiger partial charge < -0.3 is 0 Å². The number of allylic oxidation sites excluding steroid dienone is 1. The van der Waals surface area contributed by atoms with Gasteiger partial charge in [0.15, 0.2) is 0 Å². The van der Waals surface area contributed by atoms with Crippen LogP contribution in [0.4, 0.5) is 0 Å². The van der Waals surface area contributed by atoms with Gasteiger partial charge in [-0.2, -0.15) is 0 Å². The summed E-state index contributed by atoms with van der Waals surface area (Å²) in [5.41, 5.74) is 1.29. The second-order valence-electron chi connectivity index (χ2n) is 2.41. The smallest absolute Gasteiger partial charge is 0.0569 e. The molecule has 0 radical (unpaired) electrons. The highest BCUT2D eigenvalue weighted by atomic mass is 14.7. The third-order valence-electron chi connectivity index (χ3n) is 1.41. The Balaban J connectivity index is 2.69. The van der Waals surface area contributed by atoms with Crippen molar-refractivity contribution in [2.45, 2.75) is 32.7 Å². The Morgan fingerprint density at radius 3 is 2.88 bits per heavy atom. The second kappa shape index (κ2) is 2.15. The Morgan fingerprint density at radius 1 is 1.75 bits per heavy atom. The van der Waals surface area contributed by atoms with Crippen LogP contribution in [-0.4, -0.2) is 11.9 Å². The van der Waals surface area contributed by atoms with E-state index in [0.29, 0.717) is 6.04 Å². The van der Waals surface area contributed by atoms with E-state index in [1.54, 1.807) is 0 Å². The number of hydrogen-bond donors (Lipinski definition) is 0. The largest absolute Gasteiger partial charge is 0.240 e. The summed E-state index contributed by atoms with van der Waals surface area (Å²) in [5.74, 6) is 2.97. The third kappa shape index (κ3) is 1.21. The van der Waals surface area contributed by atoms with Crippen LogP contribution in [0.5, 0.6) is 0 Å². The molecule has 1 aliphatic rings. The minimum Gasteiger partial charge on any atom is -0.240 e. The highest BCUT2D eigenvalue weighted by Gasteiger charge is 2.01. The molecule has 0 aromatic rings. The maximum absolute atomic E-state index is 4.12. The van der Waals surface area contributed by atoms with Crippen LogP contribution in [-0.2, 0) is 0 Å². The molecule has 0 fully saturated rings. The van der Waals surface area contributed by atoms with Gasteiger partial charge in [0.05, 0.1) is 6.04 Å². The molecule has 1 atom stereocenters. The predicted octanol–water partition coefficient (Wildman–Crippen LogP) is 1.78. The van der Waals surface area contributed by atoms with E-state index in [2.05, 4.69) is 24.7 Å². The fourth-order valence-electron chi connectivity index (χ4n) is 0.766. The number of hydrogen-bond acceptors (Lipinski definition) is 1. The molecule has 1 aliphatic heterocycles. The molecule has 0 amide bonds. The lowest BCUT2D eigenvalue weighted by molar-refractivity contribution is 0.657. The molecule has 0 N–H and O–H groups in total. The lowest BCUT2D eigenvalue weighted by Gasteiger charge is -2.06. The van der Waals surface area contributed by atoms with Gasteiger partial charge in [0, 0.05) is 0 Å². The van der Waals surface area contributed by atoms with E-state index in [4.69, 9.17) is 0 Å². The van der Waals surface area contributed by atoms with Crippen molar-refractivity contribution in [2.24, 2.45) is 4.99 Å². The Bertz CT molecular complexity index is 140. The van der Waals surface area contributed by atoms with Crippen LogP contribution in [0.1, 0.15) is 26.7 Å². The van der Waals surface area contributed by atoms with E-state index in [0.717, 1.165) is 0 Å². The number of nitrogens with zero attached hydrogens (tertiary/aromatic N) is 1. The Labute approximate surface area is 50.1 Å². The zero-order valence-electron chi connectivity index (χ0n) is 5.44. The van der Waals surface area contributed by atoms with Crippen LogP contribution in [0.15, 0.2) is 10.6 Å². The molecule has 0 bridgehead atoms. The summed E-state index contributed by atoms with van der Waals surface area (Å²) in [6, 6.07) is 0.513. The second-order valence-corrected chi connectivity index (χ2v) is 2.41. The predicted molar refractivity (Wildman–Crippen MR) is 35.3 cm³/mol. The van der Waals surface area contributed by atoms with Gasteiger partial charge in [0.25, 0.3) is 0 Å². The Hall–Kier alpha value is -0.550. The van der Waals surface area contributed by atoms with Gasteiger partial charge in [0.2, 0.25) is 0 Å². The zero-order valence-corrected chi connectivity index (χ0v) is 5.44. The first-order valence-electron chi connectivity index (χ1n) is 3.07. The minimum absolute atomic E-state index is 0.513. The van der Waals surface area contributed by atoms with Crippen molar-refractivity contribution in [3.05, 3.63) is 5.57 Å². The monoisotopic (exact) mass is 109 g/mol. The number of aliphatic imine (C=N–C) groups is 1. The highest BCUT2D eigenvalue weighted by molar-refractivity contribution is 5.58. The van der Waals surface area contributed by atoms with Gasteiger partial charge in [-0.1, -0.05) is 0 Å². The van der Waals surface area contributed by atoms with Crippen LogP contribution in [0.2, 0.25) is 0 Å². The molecule has 0 aliphatic carbocycles. The maximum atomic E-state index is 4.12. The van der Waals surface area contributed by atoms with Crippen molar-refractivity contribution >= 4 is 5.87 Å². The molecule has 0 saturated heterocycles. The minimum atomic E-state index is 0.513. The molecule has 1 heteroatoms. The molecule has 1 nitrogen and oxygen atoms in total. The highest BCUT2D eigenvalue weighted by Crippen LogP contribution is 2.09. The molecule has 0 aromatic carbocycles. The van der Waals surface area contributed by atoms with E-state index < -0.39 is 0 Å². The molecule has 44 valence electrons. The van der Waals surface area contributed by atoms with Gasteiger partial charge in [-0.05, 0) is 38.1 Å². The van der Waals surface area contributed by atoms with Crippen LogP contribution < -0.4 is 0 Å². The summed E-state index contributed by atoms with van der Waals surface area (Å²) in [7, 11) is 0. The standard InChI is InChI=1S/C7H11N/c1-6-3-4-7(2)8-5-6/h7H,3-4H2,1-2H3. The van der Waals surface area contributed by atoms with Crippen molar-refractivity contribution < 1.29 is 0 Å². The summed E-state index contributed by atoms with van der Waals surface area (Å²) < 4.78 is 0. The first-order valence-corrected chi connectivity index (χ1v) is 3.07. The van der Waals surface area contributed by atoms with Crippen molar-refractivity contribution in [2.75, 3.05) is 0 Å². The number of rotatable bonds is 0. The fraction of sp³-hybridized carbons (Fsp3) is 0.714. The summed E-state index contributed by atoms with van der Waals surface area (Å²) in [6.45, 7) is 4.20. The molecule has 0 saturated carbocycles. The van der Waals surface area contributed by atoms with Crippen LogP contribution in [0.25, 0.3) is 0 Å². The lowest BCUT2D eigenvalue weighted by atomic mass is 10.1. The van der Waals surface area contributed by atoms with Crippen LogP contribution in [0, 0.1) is 0 Å². The molecule has 1 rings (SSSR count). The van der Waals surface area contributed by atoms with Gasteiger partial charge in [-0.25, -0.2) is 4.99 Å². The molecule has 8 heavy (non-hydrogen) atoms. The molecule has 0 spiro atoms. The third-order valence-corrected chi connectivity index (χ3v) is 1.41. The van der Waals surface area contributed by atoms with Gasteiger partial charge in [-0.15, -0.1) is 0 Å². The van der Waals surface area contributed by atoms with E-state index in [1.165, 1.54) is 18.4 Å². The zero-order chi connectivity index (χ0) is 5.98. The van der Waals surface area contributed by atoms with E-state index in [1.807, 2.05) is 0 Å². The van der Waals surface area contributed by atoms with E-state index >= 15 is 0 Å². The molecule has 1 unspecified atom stereocenters. The topological polar surface area (TPSA) is 12.4 Å².